The summed E-state index contributed by atoms with van der Waals surface area (Å²) < 4.78 is 0. The number of unbranched alkanes of at least 4 members (excludes halogenated alkanes) is 1. The van der Waals surface area contributed by atoms with Gasteiger partial charge in [-0.3, -0.25) is 0 Å². The minimum absolute atomic E-state index is 1.09. The molecule has 0 nitrogen and oxygen atoms in total. The molecule has 2 rings (SSSR count). The van der Waals surface area contributed by atoms with Gasteiger partial charge in [0.05, 0.1) is 0 Å². The van der Waals surface area contributed by atoms with Crippen LogP contribution in [-0.4, -0.2) is 0 Å². The first-order valence-electron chi connectivity index (χ1n) is 6.76. The molecule has 0 amide bonds. The molecule has 0 saturated carbocycles. The summed E-state index contributed by atoms with van der Waals surface area (Å²) in [4.78, 5) is 0. The Hall–Kier alpha value is -2.08. The molecule has 0 heterocycles. The van der Waals surface area contributed by atoms with Crippen LogP contribution in [0.15, 0.2) is 67.8 Å². The van der Waals surface area contributed by atoms with Gasteiger partial charge in [0.2, 0.25) is 0 Å². The van der Waals surface area contributed by atoms with Gasteiger partial charge in [0.1, 0.15) is 0 Å². The van der Waals surface area contributed by atoms with Crippen molar-refractivity contribution in [1.82, 2.24) is 0 Å². The van der Waals surface area contributed by atoms with Crippen LogP contribution in [0.2, 0.25) is 0 Å². The predicted molar refractivity (Wildman–Crippen MR) is 85.1 cm³/mol. The van der Waals surface area contributed by atoms with Crippen molar-refractivity contribution < 1.29 is 0 Å². The van der Waals surface area contributed by atoms with E-state index in [1.807, 2.05) is 12.2 Å². The quantitative estimate of drug-likeness (QED) is 0.467. The number of hydrogen-bond acceptors (Lipinski definition) is 0. The highest BCUT2D eigenvalue weighted by molar-refractivity contribution is 5.65. The fraction of sp³-hybridized carbons (Fsp3) is 0.158. The van der Waals surface area contributed by atoms with Crippen LogP contribution in [0.1, 0.15) is 24.0 Å². The molecule has 0 aliphatic carbocycles. The van der Waals surface area contributed by atoms with Crippen LogP contribution in [-0.2, 0) is 6.42 Å². The van der Waals surface area contributed by atoms with Crippen LogP contribution in [0.25, 0.3) is 17.2 Å². The monoisotopic (exact) mass is 248 g/mol. The summed E-state index contributed by atoms with van der Waals surface area (Å²) in [7, 11) is 0. The number of aryl methyl sites for hydroxylation is 1. The van der Waals surface area contributed by atoms with Crippen molar-refractivity contribution in [2.45, 2.75) is 19.3 Å². The summed E-state index contributed by atoms with van der Waals surface area (Å²) in [5.41, 5.74) is 5.07. The first-order chi connectivity index (χ1) is 9.33. The topological polar surface area (TPSA) is 0 Å². The van der Waals surface area contributed by atoms with Gasteiger partial charge in [0.25, 0.3) is 0 Å². The van der Waals surface area contributed by atoms with E-state index in [2.05, 4.69) is 61.7 Å². The summed E-state index contributed by atoms with van der Waals surface area (Å²) in [5, 5.41) is 0. The Balaban J connectivity index is 2.08. The summed E-state index contributed by atoms with van der Waals surface area (Å²) in [6.07, 6.45) is 7.24. The lowest BCUT2D eigenvalue weighted by Gasteiger charge is -2.05. The van der Waals surface area contributed by atoms with Gasteiger partial charge in [-0.2, -0.15) is 0 Å². The molecule has 0 atom stereocenters. The molecule has 0 unspecified atom stereocenters. The molecule has 0 aliphatic rings. The van der Waals surface area contributed by atoms with Gasteiger partial charge in [-0.15, -0.1) is 6.58 Å². The van der Waals surface area contributed by atoms with Gasteiger partial charge in [0.15, 0.2) is 0 Å². The van der Waals surface area contributed by atoms with E-state index in [1.165, 1.54) is 23.1 Å². The molecule has 0 spiro atoms. The normalized spacial score (nSPS) is 10.1. The van der Waals surface area contributed by atoms with Gasteiger partial charge in [-0.05, 0) is 41.5 Å². The van der Waals surface area contributed by atoms with E-state index < -0.39 is 0 Å². The minimum Gasteiger partial charge on any atom is -0.103 e. The lowest BCUT2D eigenvalue weighted by molar-refractivity contribution is 0.844. The molecule has 0 radical (unpaired) electrons. The van der Waals surface area contributed by atoms with Crippen LogP contribution >= 0.6 is 0 Å². The lowest BCUT2D eigenvalue weighted by Crippen LogP contribution is -1.85. The van der Waals surface area contributed by atoms with Crippen LogP contribution in [0.4, 0.5) is 0 Å². The molecule has 2 aromatic rings. The lowest BCUT2D eigenvalue weighted by atomic mass is 10.0. The van der Waals surface area contributed by atoms with Crippen LogP contribution in [0.5, 0.6) is 0 Å². The molecule has 0 aliphatic heterocycles. The van der Waals surface area contributed by atoms with Gasteiger partial charge < -0.3 is 0 Å². The Bertz CT molecular complexity index is 529. The molecule has 0 heteroatoms. The Morgan fingerprint density at radius 2 is 1.37 bits per heavy atom. The standard InChI is InChI=1S/C19H20/c1-3-5-6-7-17-10-14-19(15-11-17)18-12-8-16(4-2)9-13-18/h3-4,8-15H,1-2,5-7H2. The van der Waals surface area contributed by atoms with Gasteiger partial charge in [-0.25, -0.2) is 0 Å². The SMILES string of the molecule is C=CCCCc1ccc(-c2ccc(C=C)cc2)cc1. The third-order valence-electron chi connectivity index (χ3n) is 3.31. The Morgan fingerprint density at radius 1 is 0.789 bits per heavy atom. The average Bonchev–Trinajstić information content (AvgIpc) is 2.48. The molecule has 0 aromatic heterocycles. The zero-order valence-corrected chi connectivity index (χ0v) is 11.3. The second-order valence-corrected chi connectivity index (χ2v) is 4.70. The maximum absolute atomic E-state index is 3.77. The van der Waals surface area contributed by atoms with Crippen molar-refractivity contribution in [3.05, 3.63) is 78.9 Å². The minimum atomic E-state index is 1.09. The number of rotatable bonds is 6. The van der Waals surface area contributed by atoms with Crippen molar-refractivity contribution in [3.8, 4) is 11.1 Å². The van der Waals surface area contributed by atoms with Gasteiger partial charge in [0, 0.05) is 0 Å². The van der Waals surface area contributed by atoms with Gasteiger partial charge >= 0.3 is 0 Å². The maximum Gasteiger partial charge on any atom is -0.0184 e. The van der Waals surface area contributed by atoms with E-state index in [1.54, 1.807) is 0 Å². The van der Waals surface area contributed by atoms with Crippen molar-refractivity contribution in [2.24, 2.45) is 0 Å². The second kappa shape index (κ2) is 6.75. The maximum atomic E-state index is 3.77. The van der Waals surface area contributed by atoms with Crippen molar-refractivity contribution >= 4 is 6.08 Å². The van der Waals surface area contributed by atoms with E-state index in [0.29, 0.717) is 0 Å². The first-order valence-corrected chi connectivity index (χ1v) is 6.76. The molecular formula is C19H20. The fourth-order valence-corrected chi connectivity index (χ4v) is 2.13. The summed E-state index contributed by atoms with van der Waals surface area (Å²) in [6, 6.07) is 17.3. The molecule has 96 valence electrons. The first kappa shape index (κ1) is 13.4. The predicted octanol–water partition coefficient (Wildman–Crippen LogP) is 5.51. The highest BCUT2D eigenvalue weighted by Crippen LogP contribution is 2.21. The third kappa shape index (κ3) is 3.69. The highest BCUT2D eigenvalue weighted by Gasteiger charge is 1.98. The summed E-state index contributed by atoms with van der Waals surface area (Å²) in [6.45, 7) is 7.53. The molecule has 0 saturated heterocycles. The van der Waals surface area contributed by atoms with Crippen LogP contribution < -0.4 is 0 Å². The van der Waals surface area contributed by atoms with Crippen LogP contribution in [0, 0.1) is 0 Å². The van der Waals surface area contributed by atoms with Crippen molar-refractivity contribution in [3.63, 3.8) is 0 Å². The Morgan fingerprint density at radius 3 is 1.89 bits per heavy atom. The number of allylic oxidation sites excluding steroid dienone is 1. The molecule has 0 bridgehead atoms. The number of benzene rings is 2. The summed E-state index contributed by atoms with van der Waals surface area (Å²) >= 11 is 0. The largest absolute Gasteiger partial charge is 0.103 e. The van der Waals surface area contributed by atoms with Crippen LogP contribution in [0.3, 0.4) is 0 Å². The fourth-order valence-electron chi connectivity index (χ4n) is 2.13. The molecule has 2 aromatic carbocycles. The smallest absolute Gasteiger partial charge is 0.0184 e. The van der Waals surface area contributed by atoms with Crippen molar-refractivity contribution in [2.75, 3.05) is 0 Å². The second-order valence-electron chi connectivity index (χ2n) is 4.70. The molecule has 0 fully saturated rings. The summed E-state index contributed by atoms with van der Waals surface area (Å²) in [5.74, 6) is 0. The average molecular weight is 248 g/mol. The zero-order chi connectivity index (χ0) is 13.5. The van der Waals surface area contributed by atoms with E-state index in [0.717, 1.165) is 18.4 Å². The third-order valence-corrected chi connectivity index (χ3v) is 3.31. The molecule has 19 heavy (non-hydrogen) atoms. The van der Waals surface area contributed by atoms with E-state index >= 15 is 0 Å². The van der Waals surface area contributed by atoms with Gasteiger partial charge in [-0.1, -0.05) is 67.3 Å². The zero-order valence-electron chi connectivity index (χ0n) is 11.3. The molecule has 0 N–H and O–H groups in total. The van der Waals surface area contributed by atoms with Crippen molar-refractivity contribution in [1.29, 1.82) is 0 Å². The number of hydrogen-bond donors (Lipinski definition) is 0. The van der Waals surface area contributed by atoms with E-state index in [-0.39, 0.29) is 0 Å². The van der Waals surface area contributed by atoms with E-state index in [9.17, 15) is 0 Å². The Kier molecular flexibility index (Phi) is 4.74. The Labute approximate surface area is 116 Å². The highest BCUT2D eigenvalue weighted by atomic mass is 14.0. The molecular weight excluding hydrogens is 228 g/mol. The van der Waals surface area contributed by atoms with E-state index in [4.69, 9.17) is 0 Å².